The molecular weight excluding hydrogens is 725 g/mol. The van der Waals surface area contributed by atoms with Crippen molar-refractivity contribution in [2.24, 2.45) is 11.7 Å². The number of carbonyl (C=O) groups excluding carboxylic acids is 7. The predicted octanol–water partition coefficient (Wildman–Crippen LogP) is 0.0684. The van der Waals surface area contributed by atoms with Crippen LogP contribution in [0.3, 0.4) is 0 Å². The number of benzene rings is 2. The summed E-state index contributed by atoms with van der Waals surface area (Å²) >= 11 is 1.53. The summed E-state index contributed by atoms with van der Waals surface area (Å²) in [6, 6.07) is 12.6. The smallest absolute Gasteiger partial charge is 0.243 e. The summed E-state index contributed by atoms with van der Waals surface area (Å²) in [5.74, 6) is -3.51. The summed E-state index contributed by atoms with van der Waals surface area (Å²) in [6.45, 7) is 5.40. The van der Waals surface area contributed by atoms with Gasteiger partial charge in [0.1, 0.15) is 30.2 Å². The number of hydrogen-bond donors (Lipinski definition) is 8. The van der Waals surface area contributed by atoms with Gasteiger partial charge in [-0.25, -0.2) is 0 Å². The van der Waals surface area contributed by atoms with Crippen molar-refractivity contribution in [1.82, 2.24) is 37.2 Å². The lowest BCUT2D eigenvalue weighted by molar-refractivity contribution is -0.134. The van der Waals surface area contributed by atoms with Crippen LogP contribution in [0, 0.1) is 5.92 Å². The van der Waals surface area contributed by atoms with Crippen LogP contribution in [0.25, 0.3) is 0 Å². The quantitative estimate of drug-likeness (QED) is 0.0808. The van der Waals surface area contributed by atoms with E-state index in [1.165, 1.54) is 18.7 Å². The van der Waals surface area contributed by atoms with Gasteiger partial charge in [0.05, 0.1) is 12.6 Å². The van der Waals surface area contributed by atoms with Crippen LogP contribution in [0.4, 0.5) is 0 Å². The number of carbonyl (C=O) groups is 7. The van der Waals surface area contributed by atoms with Crippen molar-refractivity contribution in [2.75, 3.05) is 25.1 Å². The van der Waals surface area contributed by atoms with Crippen LogP contribution in [0.1, 0.15) is 57.6 Å². The van der Waals surface area contributed by atoms with Crippen molar-refractivity contribution in [3.63, 3.8) is 0 Å². The molecule has 6 atom stereocenters. The highest BCUT2D eigenvalue weighted by Gasteiger charge is 2.31. The van der Waals surface area contributed by atoms with Crippen LogP contribution in [0.2, 0.25) is 0 Å². The van der Waals surface area contributed by atoms with Crippen molar-refractivity contribution in [1.29, 1.82) is 0 Å². The van der Waals surface area contributed by atoms with Gasteiger partial charge in [-0.05, 0) is 68.2 Å². The Morgan fingerprint density at radius 3 is 1.85 bits per heavy atom. The number of rotatable bonds is 22. The van der Waals surface area contributed by atoms with Crippen molar-refractivity contribution in [3.05, 3.63) is 71.8 Å². The van der Waals surface area contributed by atoms with Crippen molar-refractivity contribution in [3.8, 4) is 0 Å². The third-order valence-electron chi connectivity index (χ3n) is 9.01. The fourth-order valence-corrected chi connectivity index (χ4v) is 6.48. The molecule has 0 spiro atoms. The molecule has 15 nitrogen and oxygen atoms in total. The fourth-order valence-electron chi connectivity index (χ4n) is 6.00. The standard InChI is InChI=1S/C39H56N8O7S/c1-24(2)20-31(39(54)43-25(3)35(50)46-30(34(40)49)21-26-12-7-5-8-13-26)44-33(48)23-42-36(51)32(22-27-14-9-6-10-15-27)47-38(53)29(17-19-55-4)45-37(52)28-16-11-18-41-28/h5-10,12-15,24-25,28-32,41H,11,16-23H2,1-4H3,(H2,40,49)(H,42,51)(H,43,54)(H,44,48)(H,45,52)(H,46,50)(H,47,53)/t25-,28-,29-,30-,31-,32-/m0/s1. The van der Waals surface area contributed by atoms with Crippen LogP contribution in [-0.2, 0) is 46.4 Å². The molecule has 1 fully saturated rings. The van der Waals surface area contributed by atoms with Crippen molar-refractivity contribution < 1.29 is 33.6 Å². The molecule has 300 valence electrons. The average Bonchev–Trinajstić information content (AvgIpc) is 3.71. The summed E-state index contributed by atoms with van der Waals surface area (Å²) < 4.78 is 0. The van der Waals surface area contributed by atoms with Gasteiger partial charge < -0.3 is 43.0 Å². The Morgan fingerprint density at radius 2 is 1.31 bits per heavy atom. The highest BCUT2D eigenvalue weighted by atomic mass is 32.2. The minimum absolute atomic E-state index is 0.0330. The second kappa shape index (κ2) is 23.1. The van der Waals surface area contributed by atoms with Gasteiger partial charge in [0.15, 0.2) is 0 Å². The molecular formula is C39H56N8O7S. The largest absolute Gasteiger partial charge is 0.368 e. The Bertz CT molecular complexity index is 1590. The van der Waals surface area contributed by atoms with Gasteiger partial charge in [-0.15, -0.1) is 0 Å². The Hall–Kier alpha value is -4.96. The van der Waals surface area contributed by atoms with Crippen LogP contribution in [-0.4, -0.2) is 103 Å². The minimum atomic E-state index is -1.08. The normalized spacial score (nSPS) is 16.4. The topological polar surface area (TPSA) is 230 Å². The number of hydrogen-bond acceptors (Lipinski definition) is 9. The Balaban J connectivity index is 1.63. The van der Waals surface area contributed by atoms with Crippen LogP contribution >= 0.6 is 11.8 Å². The lowest BCUT2D eigenvalue weighted by Crippen LogP contribution is -2.58. The number of thioether (sulfide) groups is 1. The summed E-state index contributed by atoms with van der Waals surface area (Å²) in [4.78, 5) is 91.6. The highest BCUT2D eigenvalue weighted by molar-refractivity contribution is 7.98. The molecule has 9 N–H and O–H groups in total. The first-order chi connectivity index (χ1) is 26.3. The van der Waals surface area contributed by atoms with Gasteiger partial charge in [0, 0.05) is 12.8 Å². The monoisotopic (exact) mass is 780 g/mol. The Labute approximate surface area is 327 Å². The Kier molecular flexibility index (Phi) is 18.6. The molecule has 1 saturated heterocycles. The van der Waals surface area contributed by atoms with Crippen molar-refractivity contribution >= 4 is 53.1 Å². The van der Waals surface area contributed by atoms with Gasteiger partial charge in [0.25, 0.3) is 0 Å². The van der Waals surface area contributed by atoms with Gasteiger partial charge in [-0.2, -0.15) is 11.8 Å². The minimum Gasteiger partial charge on any atom is -0.368 e. The summed E-state index contributed by atoms with van der Waals surface area (Å²) in [5.41, 5.74) is 7.09. The molecule has 55 heavy (non-hydrogen) atoms. The van der Waals surface area contributed by atoms with Gasteiger partial charge in [0.2, 0.25) is 41.4 Å². The van der Waals surface area contributed by atoms with E-state index in [4.69, 9.17) is 5.73 Å². The van der Waals surface area contributed by atoms with Gasteiger partial charge >= 0.3 is 0 Å². The molecule has 1 aliphatic heterocycles. The van der Waals surface area contributed by atoms with E-state index in [1.807, 2.05) is 44.4 Å². The highest BCUT2D eigenvalue weighted by Crippen LogP contribution is 2.10. The van der Waals surface area contributed by atoms with Crippen molar-refractivity contribution in [2.45, 2.75) is 95.5 Å². The number of primary amides is 1. The summed E-state index contributed by atoms with van der Waals surface area (Å²) in [7, 11) is 0. The molecule has 3 rings (SSSR count). The average molecular weight is 781 g/mol. The first-order valence-electron chi connectivity index (χ1n) is 18.6. The molecule has 0 unspecified atom stereocenters. The van der Waals surface area contributed by atoms with E-state index < -0.39 is 72.2 Å². The molecule has 0 bridgehead atoms. The zero-order chi connectivity index (χ0) is 40.3. The zero-order valence-electron chi connectivity index (χ0n) is 32.0. The molecule has 1 aliphatic rings. The molecule has 0 radical (unpaired) electrons. The first kappa shape index (κ1) is 44.4. The van der Waals surface area contributed by atoms with E-state index in [0.29, 0.717) is 18.6 Å². The second-order valence-corrected chi connectivity index (χ2v) is 15.1. The van der Waals surface area contributed by atoms with Crippen LogP contribution < -0.4 is 43.0 Å². The molecule has 2 aromatic carbocycles. The van der Waals surface area contributed by atoms with E-state index in [-0.39, 0.29) is 37.1 Å². The first-order valence-corrected chi connectivity index (χ1v) is 20.0. The van der Waals surface area contributed by atoms with Gasteiger partial charge in [-0.3, -0.25) is 33.6 Å². The molecule has 16 heteroatoms. The second-order valence-electron chi connectivity index (χ2n) is 14.1. The van der Waals surface area contributed by atoms with E-state index >= 15 is 0 Å². The predicted molar refractivity (Wildman–Crippen MR) is 211 cm³/mol. The van der Waals surface area contributed by atoms with E-state index in [2.05, 4.69) is 37.2 Å². The maximum absolute atomic E-state index is 13.6. The molecule has 7 amide bonds. The fraction of sp³-hybridized carbons (Fsp3) is 0.513. The lowest BCUT2D eigenvalue weighted by atomic mass is 10.0. The lowest BCUT2D eigenvalue weighted by Gasteiger charge is -2.25. The molecule has 0 aromatic heterocycles. The molecule has 2 aromatic rings. The van der Waals surface area contributed by atoms with Crippen LogP contribution in [0.5, 0.6) is 0 Å². The maximum atomic E-state index is 13.6. The van der Waals surface area contributed by atoms with Gasteiger partial charge in [-0.1, -0.05) is 74.5 Å². The summed E-state index contributed by atoms with van der Waals surface area (Å²) in [5, 5.41) is 19.2. The SMILES string of the molecule is CSCC[C@H](NC(=O)[C@@H]1CCCN1)C(=O)N[C@@H](Cc1ccccc1)C(=O)NCC(=O)N[C@@H](CC(C)C)C(=O)N[C@@H](C)C(=O)N[C@@H](Cc1ccccc1)C(N)=O. The van der Waals surface area contributed by atoms with E-state index in [1.54, 1.807) is 36.4 Å². The molecule has 1 heterocycles. The zero-order valence-corrected chi connectivity index (χ0v) is 32.8. The maximum Gasteiger partial charge on any atom is 0.243 e. The molecule has 0 aliphatic carbocycles. The Morgan fingerprint density at radius 1 is 0.727 bits per heavy atom. The number of nitrogens with one attached hydrogen (secondary N) is 7. The van der Waals surface area contributed by atoms with E-state index in [9.17, 15) is 33.6 Å². The van der Waals surface area contributed by atoms with E-state index in [0.717, 1.165) is 24.1 Å². The number of nitrogens with two attached hydrogens (primary N) is 1. The third kappa shape index (κ3) is 15.7. The van der Waals surface area contributed by atoms with Crippen LogP contribution in [0.15, 0.2) is 60.7 Å². The number of amides is 7. The molecule has 0 saturated carbocycles. The third-order valence-corrected chi connectivity index (χ3v) is 9.66. The summed E-state index contributed by atoms with van der Waals surface area (Å²) in [6.07, 6.45) is 4.30.